The summed E-state index contributed by atoms with van der Waals surface area (Å²) in [5.41, 5.74) is 1.58. The number of aromatic amines is 1. The minimum absolute atomic E-state index is 0.225. The fourth-order valence-corrected chi connectivity index (χ4v) is 3.96. The zero-order valence-corrected chi connectivity index (χ0v) is 13.7. The summed E-state index contributed by atoms with van der Waals surface area (Å²) in [5, 5.41) is 10.4. The molecule has 23 heavy (non-hydrogen) atoms. The van der Waals surface area contributed by atoms with Crippen LogP contribution in [0.4, 0.5) is 4.39 Å². The Morgan fingerprint density at radius 2 is 2.26 bits per heavy atom. The van der Waals surface area contributed by atoms with E-state index in [0.29, 0.717) is 0 Å². The Hall–Kier alpha value is -1.86. The fraction of sp³-hybridized carbons (Fsp3) is 0.438. The summed E-state index contributed by atoms with van der Waals surface area (Å²) in [6.07, 6.45) is 3.42. The first-order valence-corrected chi connectivity index (χ1v) is 8.69. The van der Waals surface area contributed by atoms with Crippen LogP contribution >= 0.6 is 11.3 Å². The van der Waals surface area contributed by atoms with Gasteiger partial charge in [0.05, 0.1) is 23.6 Å². The van der Waals surface area contributed by atoms with Gasteiger partial charge in [-0.05, 0) is 44.5 Å². The number of aryl methyl sites for hydroxylation is 1. The monoisotopic (exact) mass is 331 g/mol. The van der Waals surface area contributed by atoms with Gasteiger partial charge in [-0.1, -0.05) is 6.42 Å². The number of piperidine rings is 1. The number of imidazole rings is 1. The van der Waals surface area contributed by atoms with Crippen LogP contribution in [0.25, 0.3) is 11.0 Å². The molecule has 0 spiro atoms. The first kappa shape index (κ1) is 14.7. The van der Waals surface area contributed by atoms with Crippen molar-refractivity contribution in [1.82, 2.24) is 25.1 Å². The van der Waals surface area contributed by atoms with E-state index in [1.165, 1.54) is 25.0 Å². The number of halogens is 1. The predicted octanol–water partition coefficient (Wildman–Crippen LogP) is 3.59. The Morgan fingerprint density at radius 3 is 3.09 bits per heavy atom. The molecule has 3 heterocycles. The van der Waals surface area contributed by atoms with Crippen molar-refractivity contribution in [3.05, 3.63) is 39.9 Å². The Labute approximate surface area is 137 Å². The average Bonchev–Trinajstić information content (AvgIpc) is 3.13. The minimum Gasteiger partial charge on any atom is -0.341 e. The maximum atomic E-state index is 13.4. The first-order valence-electron chi connectivity index (χ1n) is 7.87. The molecular formula is C16H18FN5S. The molecule has 4 rings (SSSR count). The Balaban J connectivity index is 1.63. The molecule has 0 aliphatic carbocycles. The molecule has 1 unspecified atom stereocenters. The maximum absolute atomic E-state index is 13.4. The highest BCUT2D eigenvalue weighted by Crippen LogP contribution is 2.32. The molecule has 0 bridgehead atoms. The molecule has 0 radical (unpaired) electrons. The van der Waals surface area contributed by atoms with E-state index >= 15 is 0 Å². The predicted molar refractivity (Wildman–Crippen MR) is 87.7 cm³/mol. The summed E-state index contributed by atoms with van der Waals surface area (Å²) in [6, 6.07) is 4.91. The van der Waals surface area contributed by atoms with E-state index in [2.05, 4.69) is 25.1 Å². The van der Waals surface area contributed by atoms with Gasteiger partial charge in [0.1, 0.15) is 21.7 Å². The van der Waals surface area contributed by atoms with Crippen LogP contribution in [0.15, 0.2) is 18.2 Å². The van der Waals surface area contributed by atoms with Crippen molar-refractivity contribution in [3.63, 3.8) is 0 Å². The molecule has 3 aromatic rings. The Kier molecular flexibility index (Phi) is 3.82. The molecule has 7 heteroatoms. The van der Waals surface area contributed by atoms with Gasteiger partial charge in [0.15, 0.2) is 0 Å². The van der Waals surface area contributed by atoms with Crippen molar-refractivity contribution >= 4 is 22.4 Å². The number of likely N-dealkylation sites (tertiary alicyclic amines) is 1. The normalized spacial score (nSPS) is 19.5. The number of H-pyrrole nitrogens is 1. The minimum atomic E-state index is -0.238. The number of fused-ring (bicyclic) bond motifs is 1. The van der Waals surface area contributed by atoms with Gasteiger partial charge in [-0.25, -0.2) is 9.37 Å². The second kappa shape index (κ2) is 5.98. The van der Waals surface area contributed by atoms with Gasteiger partial charge >= 0.3 is 0 Å². The summed E-state index contributed by atoms with van der Waals surface area (Å²) in [7, 11) is 0. The number of hydrogen-bond acceptors (Lipinski definition) is 5. The van der Waals surface area contributed by atoms with E-state index in [1.54, 1.807) is 17.4 Å². The molecule has 2 aromatic heterocycles. The third-order valence-corrected chi connectivity index (χ3v) is 5.12. The highest BCUT2D eigenvalue weighted by Gasteiger charge is 2.27. The molecule has 1 aliphatic rings. The van der Waals surface area contributed by atoms with E-state index < -0.39 is 0 Å². The van der Waals surface area contributed by atoms with Crippen LogP contribution in [0, 0.1) is 12.7 Å². The van der Waals surface area contributed by atoms with Crippen LogP contribution in [0.1, 0.15) is 41.1 Å². The SMILES string of the molecule is Cc1nnc(CN2CCCCC2c2nc3ccc(F)cc3[nH]2)s1. The molecule has 120 valence electrons. The number of benzene rings is 1. The number of hydrogen-bond donors (Lipinski definition) is 1. The molecule has 1 aliphatic heterocycles. The van der Waals surface area contributed by atoms with Crippen molar-refractivity contribution < 1.29 is 4.39 Å². The molecular weight excluding hydrogens is 313 g/mol. The Morgan fingerprint density at radius 1 is 1.35 bits per heavy atom. The standard InChI is InChI=1S/C16H18FN5S/c1-10-20-21-15(23-10)9-22-7-3-2-4-14(22)16-18-12-6-5-11(17)8-13(12)19-16/h5-6,8,14H,2-4,7,9H2,1H3,(H,18,19). The van der Waals surface area contributed by atoms with Gasteiger partial charge in [0.2, 0.25) is 0 Å². The lowest BCUT2D eigenvalue weighted by atomic mass is 10.0. The number of aromatic nitrogens is 4. The van der Waals surface area contributed by atoms with E-state index in [9.17, 15) is 4.39 Å². The van der Waals surface area contributed by atoms with Crippen LogP contribution < -0.4 is 0 Å². The van der Waals surface area contributed by atoms with Gasteiger partial charge in [0.25, 0.3) is 0 Å². The molecule has 5 nitrogen and oxygen atoms in total. The van der Waals surface area contributed by atoms with Crippen molar-refractivity contribution in [2.75, 3.05) is 6.54 Å². The lowest BCUT2D eigenvalue weighted by Gasteiger charge is -2.33. The van der Waals surface area contributed by atoms with Crippen molar-refractivity contribution in [3.8, 4) is 0 Å². The summed E-state index contributed by atoms with van der Waals surface area (Å²) in [6.45, 7) is 3.79. The van der Waals surface area contributed by atoms with Crippen LogP contribution in [-0.4, -0.2) is 31.6 Å². The zero-order chi connectivity index (χ0) is 15.8. The topological polar surface area (TPSA) is 57.7 Å². The fourth-order valence-electron chi connectivity index (χ4n) is 3.22. The molecule has 1 aromatic carbocycles. The van der Waals surface area contributed by atoms with Gasteiger partial charge in [-0.15, -0.1) is 21.5 Å². The number of rotatable bonds is 3. The quantitative estimate of drug-likeness (QED) is 0.797. The highest BCUT2D eigenvalue weighted by molar-refractivity contribution is 7.11. The van der Waals surface area contributed by atoms with Crippen LogP contribution in [0.5, 0.6) is 0 Å². The summed E-state index contributed by atoms with van der Waals surface area (Å²) < 4.78 is 13.4. The van der Waals surface area contributed by atoms with Crippen LogP contribution in [-0.2, 0) is 6.54 Å². The molecule has 1 saturated heterocycles. The van der Waals surface area contributed by atoms with Gasteiger partial charge in [-0.3, -0.25) is 4.90 Å². The van der Waals surface area contributed by atoms with E-state index in [-0.39, 0.29) is 11.9 Å². The summed E-state index contributed by atoms with van der Waals surface area (Å²) >= 11 is 1.64. The molecule has 0 amide bonds. The second-order valence-corrected chi connectivity index (χ2v) is 7.25. The van der Waals surface area contributed by atoms with Crippen LogP contribution in [0.3, 0.4) is 0 Å². The van der Waals surface area contributed by atoms with E-state index in [0.717, 1.165) is 46.4 Å². The molecule has 1 atom stereocenters. The van der Waals surface area contributed by atoms with Crippen molar-refractivity contribution in [2.24, 2.45) is 0 Å². The number of nitrogens with one attached hydrogen (secondary N) is 1. The average molecular weight is 331 g/mol. The highest BCUT2D eigenvalue weighted by atomic mass is 32.1. The summed E-state index contributed by atoms with van der Waals surface area (Å²) in [5.74, 6) is 0.684. The van der Waals surface area contributed by atoms with Crippen molar-refractivity contribution in [2.45, 2.75) is 38.8 Å². The second-order valence-electron chi connectivity index (χ2n) is 5.98. The van der Waals surface area contributed by atoms with Crippen molar-refractivity contribution in [1.29, 1.82) is 0 Å². The smallest absolute Gasteiger partial charge is 0.131 e. The number of nitrogens with zero attached hydrogens (tertiary/aromatic N) is 4. The first-order chi connectivity index (χ1) is 11.2. The van der Waals surface area contributed by atoms with E-state index in [4.69, 9.17) is 0 Å². The third kappa shape index (κ3) is 2.98. The van der Waals surface area contributed by atoms with Gasteiger partial charge in [0, 0.05) is 0 Å². The molecule has 1 N–H and O–H groups in total. The largest absolute Gasteiger partial charge is 0.341 e. The lowest BCUT2D eigenvalue weighted by Crippen LogP contribution is -2.33. The Bertz CT molecular complexity index is 827. The zero-order valence-electron chi connectivity index (χ0n) is 12.9. The van der Waals surface area contributed by atoms with Crippen LogP contribution in [0.2, 0.25) is 0 Å². The molecule has 0 saturated carbocycles. The third-order valence-electron chi connectivity index (χ3n) is 4.30. The lowest BCUT2D eigenvalue weighted by molar-refractivity contribution is 0.134. The van der Waals surface area contributed by atoms with Gasteiger partial charge in [-0.2, -0.15) is 0 Å². The van der Waals surface area contributed by atoms with Gasteiger partial charge < -0.3 is 4.98 Å². The maximum Gasteiger partial charge on any atom is 0.131 e. The summed E-state index contributed by atoms with van der Waals surface area (Å²) in [4.78, 5) is 10.4. The molecule has 1 fully saturated rings. The van der Waals surface area contributed by atoms with E-state index in [1.807, 2.05) is 6.92 Å².